The Labute approximate surface area is 161 Å². The number of allylic oxidation sites excluding steroid dienone is 2. The molecule has 0 aliphatic heterocycles. The lowest BCUT2D eigenvalue weighted by atomic mass is 10.0. The molecule has 0 atom stereocenters. The van der Waals surface area contributed by atoms with E-state index in [1.54, 1.807) is 18.2 Å². The predicted octanol–water partition coefficient (Wildman–Crippen LogP) is 4.05. The molecule has 1 heterocycles. The minimum Gasteiger partial charge on any atom is -0.502 e. The van der Waals surface area contributed by atoms with Gasteiger partial charge >= 0.3 is 0 Å². The lowest BCUT2D eigenvalue weighted by molar-refractivity contribution is 0.456. The molecule has 140 valence electrons. The van der Waals surface area contributed by atoms with Gasteiger partial charge in [0.1, 0.15) is 11.6 Å². The van der Waals surface area contributed by atoms with Gasteiger partial charge in [0.25, 0.3) is 5.56 Å². The summed E-state index contributed by atoms with van der Waals surface area (Å²) in [5.41, 5.74) is 1.92. The predicted molar refractivity (Wildman–Crippen MR) is 110 cm³/mol. The van der Waals surface area contributed by atoms with Gasteiger partial charge in [0.2, 0.25) is 0 Å². The van der Waals surface area contributed by atoms with Gasteiger partial charge in [0, 0.05) is 23.7 Å². The van der Waals surface area contributed by atoms with E-state index in [1.807, 2.05) is 30.3 Å². The standard InChI is InChI=1S/C22H18FN3O2/c1-14(21-25-13-20(27)22(28)26(21)3)11-19(24-2)16-9-10-17(18(23)12-16)15-7-5-4-6-8-15/h4-13,27H,1-2H2,3H3/b19-11-. The van der Waals surface area contributed by atoms with Crippen LogP contribution >= 0.6 is 0 Å². The number of rotatable bonds is 5. The van der Waals surface area contributed by atoms with Gasteiger partial charge in [-0.1, -0.05) is 49.0 Å². The fraction of sp³-hybridized carbons (Fsp3) is 0.0455. The highest BCUT2D eigenvalue weighted by molar-refractivity contribution is 5.82. The van der Waals surface area contributed by atoms with Gasteiger partial charge in [0.15, 0.2) is 5.75 Å². The number of hydrogen-bond donors (Lipinski definition) is 1. The van der Waals surface area contributed by atoms with Crippen molar-refractivity contribution in [3.05, 3.63) is 94.9 Å². The fourth-order valence-electron chi connectivity index (χ4n) is 2.81. The van der Waals surface area contributed by atoms with Crippen LogP contribution in [-0.2, 0) is 7.05 Å². The van der Waals surface area contributed by atoms with Gasteiger partial charge in [-0.25, -0.2) is 9.37 Å². The maximum absolute atomic E-state index is 14.7. The molecule has 2 aromatic carbocycles. The Hall–Kier alpha value is -3.80. The molecule has 1 aromatic heterocycles. The molecular weight excluding hydrogens is 357 g/mol. The summed E-state index contributed by atoms with van der Waals surface area (Å²) in [6.45, 7) is 7.43. The zero-order valence-electron chi connectivity index (χ0n) is 15.3. The molecule has 6 heteroatoms. The maximum Gasteiger partial charge on any atom is 0.295 e. The van der Waals surface area contributed by atoms with Crippen LogP contribution in [0.4, 0.5) is 4.39 Å². The molecule has 0 spiro atoms. The average molecular weight is 375 g/mol. The Morgan fingerprint density at radius 1 is 1.25 bits per heavy atom. The van der Waals surface area contributed by atoms with Crippen LogP contribution in [0.25, 0.3) is 22.4 Å². The molecule has 0 aliphatic rings. The summed E-state index contributed by atoms with van der Waals surface area (Å²) in [5.74, 6) is -0.590. The second-order valence-electron chi connectivity index (χ2n) is 6.10. The van der Waals surface area contributed by atoms with Gasteiger partial charge < -0.3 is 5.11 Å². The van der Waals surface area contributed by atoms with E-state index >= 15 is 0 Å². The third-order valence-corrected chi connectivity index (χ3v) is 4.27. The number of aromatic hydroxyl groups is 1. The molecule has 5 nitrogen and oxygen atoms in total. The number of aliphatic imine (C=N–C) groups is 1. The molecule has 1 N–H and O–H groups in total. The highest BCUT2D eigenvalue weighted by atomic mass is 19.1. The summed E-state index contributed by atoms with van der Waals surface area (Å²) in [6, 6.07) is 14.0. The first-order chi connectivity index (χ1) is 13.4. The largest absolute Gasteiger partial charge is 0.502 e. The van der Waals surface area contributed by atoms with Gasteiger partial charge in [0.05, 0.1) is 11.9 Å². The van der Waals surface area contributed by atoms with Crippen LogP contribution in [0.1, 0.15) is 11.4 Å². The summed E-state index contributed by atoms with van der Waals surface area (Å²) >= 11 is 0. The molecule has 3 rings (SSSR count). The van der Waals surface area contributed by atoms with Gasteiger partial charge in [-0.15, -0.1) is 0 Å². The van der Waals surface area contributed by atoms with Crippen LogP contribution in [0.2, 0.25) is 0 Å². The summed E-state index contributed by atoms with van der Waals surface area (Å²) in [6.07, 6.45) is 2.62. The van der Waals surface area contributed by atoms with E-state index in [9.17, 15) is 14.3 Å². The molecule has 0 fully saturated rings. The molecule has 0 bridgehead atoms. The van der Waals surface area contributed by atoms with Gasteiger partial charge in [-0.3, -0.25) is 14.4 Å². The van der Waals surface area contributed by atoms with Gasteiger partial charge in [-0.05, 0) is 24.4 Å². The van der Waals surface area contributed by atoms with Crippen molar-refractivity contribution in [1.29, 1.82) is 0 Å². The number of nitrogens with zero attached hydrogens (tertiary/aromatic N) is 3. The summed E-state index contributed by atoms with van der Waals surface area (Å²) in [7, 11) is 1.47. The second-order valence-corrected chi connectivity index (χ2v) is 6.10. The average Bonchev–Trinajstić information content (AvgIpc) is 2.70. The van der Waals surface area contributed by atoms with E-state index in [4.69, 9.17) is 0 Å². The van der Waals surface area contributed by atoms with Crippen LogP contribution in [0.15, 0.2) is 77.2 Å². The molecule has 3 aromatic rings. The number of hydrogen-bond acceptors (Lipinski definition) is 4. The molecule has 0 saturated heterocycles. The third kappa shape index (κ3) is 3.66. The molecule has 0 unspecified atom stereocenters. The Kier molecular flexibility index (Phi) is 5.31. The maximum atomic E-state index is 14.7. The molecule has 0 aliphatic carbocycles. The first-order valence-corrected chi connectivity index (χ1v) is 8.40. The quantitative estimate of drug-likeness (QED) is 0.540. The third-order valence-electron chi connectivity index (χ3n) is 4.27. The summed E-state index contributed by atoms with van der Waals surface area (Å²) < 4.78 is 15.8. The normalized spacial score (nSPS) is 11.3. The minimum absolute atomic E-state index is 0.255. The first-order valence-electron chi connectivity index (χ1n) is 8.40. The smallest absolute Gasteiger partial charge is 0.295 e. The van der Waals surface area contributed by atoms with Crippen LogP contribution in [-0.4, -0.2) is 21.4 Å². The van der Waals surface area contributed by atoms with Crippen molar-refractivity contribution in [2.75, 3.05) is 0 Å². The molecule has 28 heavy (non-hydrogen) atoms. The van der Waals surface area contributed by atoms with Crippen molar-refractivity contribution >= 4 is 18.0 Å². The van der Waals surface area contributed by atoms with E-state index in [2.05, 4.69) is 23.3 Å². The summed E-state index contributed by atoms with van der Waals surface area (Å²) in [4.78, 5) is 19.8. The second kappa shape index (κ2) is 7.84. The monoisotopic (exact) mass is 375 g/mol. The van der Waals surface area contributed by atoms with E-state index < -0.39 is 11.3 Å². The Morgan fingerprint density at radius 3 is 2.61 bits per heavy atom. The van der Waals surface area contributed by atoms with Crippen LogP contribution < -0.4 is 5.56 Å². The lowest BCUT2D eigenvalue weighted by Gasteiger charge is -2.10. The van der Waals surface area contributed by atoms with Crippen LogP contribution in [0.5, 0.6) is 5.75 Å². The minimum atomic E-state index is -0.592. The van der Waals surface area contributed by atoms with Crippen molar-refractivity contribution in [1.82, 2.24) is 9.55 Å². The Bertz CT molecular complexity index is 1150. The Balaban J connectivity index is 1.99. The fourth-order valence-corrected chi connectivity index (χ4v) is 2.81. The first kappa shape index (κ1) is 19.0. The lowest BCUT2D eigenvalue weighted by Crippen LogP contribution is -2.20. The topological polar surface area (TPSA) is 67.5 Å². The number of aromatic nitrogens is 2. The SMILES string of the molecule is C=N/C(=C\C(=C)c1ncc(O)c(=O)n1C)c1ccc(-c2ccccc2)c(F)c1. The summed E-state index contributed by atoms with van der Waals surface area (Å²) in [5, 5.41) is 9.45. The highest BCUT2D eigenvalue weighted by Gasteiger charge is 2.11. The van der Waals surface area contributed by atoms with E-state index in [1.165, 1.54) is 17.7 Å². The molecule has 0 saturated carbocycles. The molecule has 0 amide bonds. The van der Waals surface area contributed by atoms with Crippen molar-refractivity contribution in [3.63, 3.8) is 0 Å². The van der Waals surface area contributed by atoms with E-state index in [0.717, 1.165) is 11.8 Å². The van der Waals surface area contributed by atoms with Crippen molar-refractivity contribution in [3.8, 4) is 16.9 Å². The van der Waals surface area contributed by atoms with Crippen LogP contribution in [0, 0.1) is 5.82 Å². The van der Waals surface area contributed by atoms with Crippen molar-refractivity contribution in [2.45, 2.75) is 0 Å². The number of halogens is 1. The van der Waals surface area contributed by atoms with Crippen molar-refractivity contribution in [2.24, 2.45) is 12.0 Å². The molecule has 0 radical (unpaired) electrons. The van der Waals surface area contributed by atoms with Gasteiger partial charge in [-0.2, -0.15) is 0 Å². The zero-order valence-corrected chi connectivity index (χ0v) is 15.3. The number of benzene rings is 2. The van der Waals surface area contributed by atoms with Crippen LogP contribution in [0.3, 0.4) is 0 Å². The van der Waals surface area contributed by atoms with E-state index in [0.29, 0.717) is 22.4 Å². The Morgan fingerprint density at radius 2 is 1.96 bits per heavy atom. The van der Waals surface area contributed by atoms with Crippen molar-refractivity contribution < 1.29 is 9.50 Å². The zero-order chi connectivity index (χ0) is 20.3. The molecular formula is C22H18FN3O2. The highest BCUT2D eigenvalue weighted by Crippen LogP contribution is 2.27. The van der Waals surface area contributed by atoms with E-state index in [-0.39, 0.29) is 11.6 Å².